The van der Waals surface area contributed by atoms with Crippen LogP contribution in [0.4, 0.5) is 0 Å². The Morgan fingerprint density at radius 1 is 1.32 bits per heavy atom. The average Bonchev–Trinajstić information content (AvgIpc) is 3.16. The third kappa shape index (κ3) is 2.92. The Balaban J connectivity index is 1.61. The molecule has 1 aliphatic rings. The predicted molar refractivity (Wildman–Crippen MR) is 102 cm³/mol. The van der Waals surface area contributed by atoms with Crippen LogP contribution in [0, 0.1) is 0 Å². The quantitative estimate of drug-likeness (QED) is 0.695. The van der Waals surface area contributed by atoms with E-state index in [-0.39, 0.29) is 11.9 Å². The topological polar surface area (TPSA) is 46.9 Å². The fourth-order valence-electron chi connectivity index (χ4n) is 3.46. The lowest BCUT2D eigenvalue weighted by Gasteiger charge is -2.14. The lowest BCUT2D eigenvalue weighted by molar-refractivity contribution is 0.0929. The van der Waals surface area contributed by atoms with Gasteiger partial charge in [-0.05, 0) is 48.9 Å². The number of thioether (sulfide) groups is 1. The van der Waals surface area contributed by atoms with Crippen molar-refractivity contribution in [2.24, 2.45) is 7.05 Å². The molecule has 1 N–H and O–H groups in total. The molecule has 1 unspecified atom stereocenters. The van der Waals surface area contributed by atoms with Gasteiger partial charge in [-0.3, -0.25) is 4.79 Å². The molecule has 25 heavy (non-hydrogen) atoms. The minimum Gasteiger partial charge on any atom is -0.344 e. The van der Waals surface area contributed by atoms with E-state index < -0.39 is 0 Å². The van der Waals surface area contributed by atoms with Crippen LogP contribution in [-0.4, -0.2) is 21.7 Å². The normalized spacial score (nSPS) is 16.2. The van der Waals surface area contributed by atoms with Gasteiger partial charge in [-0.15, -0.1) is 11.8 Å². The SMILES string of the molecule is CSc1ccc2c(n1)CCC2NC(=O)c1cc2ccc(Cl)cc2n1C. The van der Waals surface area contributed by atoms with E-state index in [0.717, 1.165) is 40.0 Å². The lowest BCUT2D eigenvalue weighted by Crippen LogP contribution is -2.28. The van der Waals surface area contributed by atoms with Gasteiger partial charge in [0.1, 0.15) is 5.69 Å². The molecule has 0 radical (unpaired) electrons. The van der Waals surface area contributed by atoms with Crippen LogP contribution in [0.15, 0.2) is 41.4 Å². The second kappa shape index (κ2) is 6.39. The standard InChI is InChI=1S/C19H18ClN3OS/c1-23-16-10-12(20)4-3-11(16)9-17(23)19(24)22-15-7-6-14-13(15)5-8-18(21-14)25-2/h3-5,8-10,15H,6-7H2,1-2H3,(H,22,24). The van der Waals surface area contributed by atoms with E-state index in [1.165, 1.54) is 0 Å². The monoisotopic (exact) mass is 371 g/mol. The number of benzene rings is 1. The van der Waals surface area contributed by atoms with E-state index in [2.05, 4.69) is 16.4 Å². The maximum atomic E-state index is 12.8. The summed E-state index contributed by atoms with van der Waals surface area (Å²) in [7, 11) is 1.89. The summed E-state index contributed by atoms with van der Waals surface area (Å²) >= 11 is 7.72. The number of halogens is 1. The summed E-state index contributed by atoms with van der Waals surface area (Å²) in [6.07, 6.45) is 3.82. The molecule has 0 saturated heterocycles. The molecule has 2 heterocycles. The first-order chi connectivity index (χ1) is 12.1. The molecule has 0 spiro atoms. The van der Waals surface area contributed by atoms with Gasteiger partial charge in [0.05, 0.1) is 11.1 Å². The molecule has 0 bridgehead atoms. The third-order valence-electron chi connectivity index (χ3n) is 4.78. The number of nitrogens with zero attached hydrogens (tertiary/aromatic N) is 2. The van der Waals surface area contributed by atoms with E-state index in [1.807, 2.05) is 48.2 Å². The zero-order chi connectivity index (χ0) is 17.6. The fourth-order valence-corrected chi connectivity index (χ4v) is 4.04. The molecule has 0 saturated carbocycles. The van der Waals surface area contributed by atoms with Gasteiger partial charge in [0, 0.05) is 28.7 Å². The molecule has 0 fully saturated rings. The Labute approximate surface area is 155 Å². The summed E-state index contributed by atoms with van der Waals surface area (Å²) in [5.74, 6) is -0.0679. The van der Waals surface area contributed by atoms with Crippen LogP contribution in [0.25, 0.3) is 10.9 Å². The van der Waals surface area contributed by atoms with Crippen LogP contribution in [0.1, 0.15) is 34.2 Å². The van der Waals surface area contributed by atoms with Crippen LogP contribution in [0.2, 0.25) is 5.02 Å². The Bertz CT molecular complexity index is 982. The van der Waals surface area contributed by atoms with Gasteiger partial charge in [0.2, 0.25) is 0 Å². The molecule has 128 valence electrons. The molecule has 6 heteroatoms. The maximum absolute atomic E-state index is 12.8. The van der Waals surface area contributed by atoms with E-state index in [9.17, 15) is 4.79 Å². The summed E-state index contributed by atoms with van der Waals surface area (Å²) < 4.78 is 1.89. The van der Waals surface area contributed by atoms with Crippen molar-refractivity contribution in [3.63, 3.8) is 0 Å². The molecule has 1 aromatic carbocycles. The molecule has 2 aromatic heterocycles. The van der Waals surface area contributed by atoms with Gasteiger partial charge in [0.15, 0.2) is 0 Å². The number of rotatable bonds is 3. The Morgan fingerprint density at radius 3 is 2.96 bits per heavy atom. The largest absolute Gasteiger partial charge is 0.344 e. The highest BCUT2D eigenvalue weighted by Gasteiger charge is 2.26. The summed E-state index contributed by atoms with van der Waals surface area (Å²) in [6.45, 7) is 0. The van der Waals surface area contributed by atoms with Crippen LogP contribution in [0.3, 0.4) is 0 Å². The summed E-state index contributed by atoms with van der Waals surface area (Å²) in [5, 5.41) is 5.87. The minimum absolute atomic E-state index is 0.0208. The van der Waals surface area contributed by atoms with Gasteiger partial charge in [-0.1, -0.05) is 23.7 Å². The number of pyridine rings is 1. The highest BCUT2D eigenvalue weighted by atomic mass is 35.5. The molecule has 3 aromatic rings. The van der Waals surface area contributed by atoms with E-state index in [0.29, 0.717) is 10.7 Å². The van der Waals surface area contributed by atoms with Crippen LogP contribution in [-0.2, 0) is 13.5 Å². The molecule has 1 aliphatic carbocycles. The zero-order valence-corrected chi connectivity index (χ0v) is 15.6. The third-order valence-corrected chi connectivity index (χ3v) is 5.66. The second-order valence-corrected chi connectivity index (χ2v) is 7.51. The molecule has 4 nitrogen and oxygen atoms in total. The fraction of sp³-hybridized carbons (Fsp3) is 0.263. The number of aromatic nitrogens is 2. The Kier molecular flexibility index (Phi) is 4.21. The van der Waals surface area contributed by atoms with Crippen molar-refractivity contribution < 1.29 is 4.79 Å². The van der Waals surface area contributed by atoms with Crippen molar-refractivity contribution in [2.45, 2.75) is 23.9 Å². The van der Waals surface area contributed by atoms with Crippen LogP contribution in [0.5, 0.6) is 0 Å². The lowest BCUT2D eigenvalue weighted by atomic mass is 10.1. The van der Waals surface area contributed by atoms with E-state index >= 15 is 0 Å². The van der Waals surface area contributed by atoms with Crippen molar-refractivity contribution in [3.8, 4) is 0 Å². The average molecular weight is 372 g/mol. The highest BCUT2D eigenvalue weighted by molar-refractivity contribution is 7.98. The van der Waals surface area contributed by atoms with Gasteiger partial charge in [0.25, 0.3) is 5.91 Å². The summed E-state index contributed by atoms with van der Waals surface area (Å²) in [4.78, 5) is 17.5. The van der Waals surface area contributed by atoms with Gasteiger partial charge < -0.3 is 9.88 Å². The van der Waals surface area contributed by atoms with E-state index in [4.69, 9.17) is 11.6 Å². The molecule has 1 amide bonds. The zero-order valence-electron chi connectivity index (χ0n) is 14.0. The number of carbonyl (C=O) groups excluding carboxylic acids is 1. The first-order valence-electron chi connectivity index (χ1n) is 8.16. The van der Waals surface area contributed by atoms with Gasteiger partial charge >= 0.3 is 0 Å². The Morgan fingerprint density at radius 2 is 2.16 bits per heavy atom. The number of aryl methyl sites for hydroxylation is 2. The molecular weight excluding hydrogens is 354 g/mol. The second-order valence-electron chi connectivity index (χ2n) is 6.25. The van der Waals surface area contributed by atoms with Gasteiger partial charge in [-0.2, -0.15) is 0 Å². The number of hydrogen-bond donors (Lipinski definition) is 1. The molecule has 0 aliphatic heterocycles. The Hall–Kier alpha value is -1.98. The van der Waals surface area contributed by atoms with Gasteiger partial charge in [-0.25, -0.2) is 4.98 Å². The van der Waals surface area contributed by atoms with Crippen LogP contribution < -0.4 is 5.32 Å². The summed E-state index contributed by atoms with van der Waals surface area (Å²) in [6, 6.07) is 11.7. The number of amides is 1. The molecule has 1 atom stereocenters. The van der Waals surface area contributed by atoms with Crippen molar-refractivity contribution in [1.82, 2.24) is 14.9 Å². The van der Waals surface area contributed by atoms with Crippen molar-refractivity contribution >= 4 is 40.2 Å². The van der Waals surface area contributed by atoms with Crippen LogP contribution >= 0.6 is 23.4 Å². The summed E-state index contributed by atoms with van der Waals surface area (Å²) in [5.41, 5.74) is 3.82. The van der Waals surface area contributed by atoms with E-state index in [1.54, 1.807) is 11.8 Å². The van der Waals surface area contributed by atoms with Crippen molar-refractivity contribution in [3.05, 3.63) is 58.4 Å². The number of nitrogens with one attached hydrogen (secondary N) is 1. The molecule has 4 rings (SSSR count). The number of carbonyl (C=O) groups is 1. The smallest absolute Gasteiger partial charge is 0.268 e. The first kappa shape index (κ1) is 16.5. The molecular formula is C19H18ClN3OS. The maximum Gasteiger partial charge on any atom is 0.268 e. The van der Waals surface area contributed by atoms with Crippen molar-refractivity contribution in [1.29, 1.82) is 0 Å². The highest BCUT2D eigenvalue weighted by Crippen LogP contribution is 2.32. The first-order valence-corrected chi connectivity index (χ1v) is 9.77. The minimum atomic E-state index is -0.0679. The van der Waals surface area contributed by atoms with Crippen molar-refractivity contribution in [2.75, 3.05) is 6.26 Å². The number of hydrogen-bond acceptors (Lipinski definition) is 3. The predicted octanol–water partition coefficient (Wildman–Crippen LogP) is 4.37. The number of fused-ring (bicyclic) bond motifs is 2.